The summed E-state index contributed by atoms with van der Waals surface area (Å²) in [6, 6.07) is 0. The van der Waals surface area contributed by atoms with E-state index in [1.807, 2.05) is 0 Å². The molecule has 15 heavy (non-hydrogen) atoms. The molecule has 0 fully saturated rings. The van der Waals surface area contributed by atoms with Crippen LogP contribution in [0.25, 0.3) is 0 Å². The van der Waals surface area contributed by atoms with E-state index in [1.54, 1.807) is 6.92 Å². The maximum Gasteiger partial charge on any atom is 0.334 e. The molecule has 0 aliphatic heterocycles. The monoisotopic (exact) mass is 226 g/mol. The summed E-state index contributed by atoms with van der Waals surface area (Å²) < 4.78 is 9.42. The number of carbonyl (C=O) groups excluding carboxylic acids is 1. The van der Waals surface area contributed by atoms with Crippen molar-refractivity contribution in [3.8, 4) is 0 Å². The molecule has 0 amide bonds. The van der Waals surface area contributed by atoms with Crippen molar-refractivity contribution in [2.24, 2.45) is 0 Å². The van der Waals surface area contributed by atoms with Crippen molar-refractivity contribution in [3.05, 3.63) is 0 Å². The molecular formula is C11H30O4. The van der Waals surface area contributed by atoms with Crippen LogP contribution in [0, 0.1) is 0 Å². The molecule has 0 spiro atoms. The van der Waals surface area contributed by atoms with Gasteiger partial charge < -0.3 is 14.6 Å². The number of aliphatic hydroxyl groups is 1. The van der Waals surface area contributed by atoms with E-state index in [2.05, 4.69) is 0 Å². The Kier molecular flexibility index (Phi) is 37.1. The molecule has 0 aliphatic rings. The van der Waals surface area contributed by atoms with Crippen LogP contribution in [0.5, 0.6) is 0 Å². The lowest BCUT2D eigenvalue weighted by Crippen LogP contribution is -2.22. The van der Waals surface area contributed by atoms with Crippen LogP contribution in [0.15, 0.2) is 0 Å². The van der Waals surface area contributed by atoms with Crippen LogP contribution in [0.2, 0.25) is 0 Å². The van der Waals surface area contributed by atoms with Gasteiger partial charge in [0, 0.05) is 20.1 Å². The molecule has 0 radical (unpaired) electrons. The first-order valence-corrected chi connectivity index (χ1v) is 3.52. The summed E-state index contributed by atoms with van der Waals surface area (Å²) in [5, 5.41) is 8.35. The number of esters is 1. The average Bonchev–Trinajstić information content (AvgIpc) is 2.03. The first-order valence-electron chi connectivity index (χ1n) is 3.52. The fourth-order valence-electron chi connectivity index (χ4n) is 0.451. The van der Waals surface area contributed by atoms with Gasteiger partial charge in [-0.3, -0.25) is 0 Å². The number of carbonyl (C=O) groups is 1. The molecule has 98 valence electrons. The van der Waals surface area contributed by atoms with E-state index >= 15 is 0 Å². The molecule has 1 atom stereocenters. The maximum atomic E-state index is 10.8. The minimum Gasteiger partial charge on any atom is -0.464 e. The van der Waals surface area contributed by atoms with Gasteiger partial charge >= 0.3 is 5.97 Å². The molecule has 4 nitrogen and oxygen atoms in total. The summed E-state index contributed by atoms with van der Waals surface area (Å²) in [6.07, 6.45) is -0.0453. The summed E-state index contributed by atoms with van der Waals surface area (Å²) >= 11 is 0. The summed E-state index contributed by atoms with van der Waals surface area (Å²) in [6.45, 7) is 1.90. The van der Waals surface area contributed by atoms with Crippen molar-refractivity contribution in [2.75, 3.05) is 20.3 Å². The Morgan fingerprint density at radius 1 is 1.27 bits per heavy atom. The van der Waals surface area contributed by atoms with Gasteiger partial charge in [-0.2, -0.15) is 0 Å². The lowest BCUT2D eigenvalue weighted by Gasteiger charge is -2.08. The molecule has 0 saturated heterocycles. The Morgan fingerprint density at radius 3 is 2.07 bits per heavy atom. The lowest BCUT2D eigenvalue weighted by molar-refractivity contribution is -0.154. The Morgan fingerprint density at radius 2 is 1.73 bits per heavy atom. The smallest absolute Gasteiger partial charge is 0.334 e. The third-order valence-electron chi connectivity index (χ3n) is 1.23. The molecule has 0 heterocycles. The first kappa shape index (κ1) is 29.3. The predicted octanol–water partition coefficient (Wildman–Crippen LogP) is 2.49. The van der Waals surface area contributed by atoms with Crippen molar-refractivity contribution >= 4 is 5.97 Å². The maximum absolute atomic E-state index is 10.8. The zero-order valence-corrected chi connectivity index (χ0v) is 6.87. The van der Waals surface area contributed by atoms with E-state index in [-0.39, 0.29) is 48.9 Å². The zero-order chi connectivity index (χ0) is 8.69. The Hall–Kier alpha value is -0.610. The van der Waals surface area contributed by atoms with Crippen molar-refractivity contribution in [1.82, 2.24) is 0 Å². The second-order valence-corrected chi connectivity index (χ2v) is 2.12. The fourth-order valence-corrected chi connectivity index (χ4v) is 0.451. The van der Waals surface area contributed by atoms with Crippen molar-refractivity contribution < 1.29 is 19.4 Å². The van der Waals surface area contributed by atoms with Gasteiger partial charge in [-0.25, -0.2) is 4.79 Å². The third kappa shape index (κ3) is 16.1. The highest BCUT2D eigenvalue weighted by Crippen LogP contribution is 1.92. The van der Waals surface area contributed by atoms with Crippen LogP contribution >= 0.6 is 0 Å². The molecule has 0 aromatic rings. The standard InChI is InChI=1S/C7H14O4.4CH4/c1-6(10-2)7(9)11-5-3-4-8;;;;/h6,8H,3-5H2,1-2H3;4*1H4. The third-order valence-corrected chi connectivity index (χ3v) is 1.23. The van der Waals surface area contributed by atoms with Gasteiger partial charge in [0.25, 0.3) is 0 Å². The molecule has 0 rings (SSSR count). The molecule has 1 unspecified atom stereocenters. The molecule has 0 saturated carbocycles. The normalized spacial score (nSPS) is 9.27. The van der Waals surface area contributed by atoms with E-state index in [9.17, 15) is 4.79 Å². The van der Waals surface area contributed by atoms with Crippen LogP contribution in [0.3, 0.4) is 0 Å². The van der Waals surface area contributed by atoms with Crippen molar-refractivity contribution in [3.63, 3.8) is 0 Å². The molecular weight excluding hydrogens is 196 g/mol. The van der Waals surface area contributed by atoms with Gasteiger partial charge in [-0.15, -0.1) is 0 Å². The highest BCUT2D eigenvalue weighted by Gasteiger charge is 2.11. The van der Waals surface area contributed by atoms with E-state index < -0.39 is 6.10 Å². The van der Waals surface area contributed by atoms with Gasteiger partial charge in [-0.05, 0) is 6.92 Å². The average molecular weight is 226 g/mol. The fraction of sp³-hybridized carbons (Fsp3) is 0.909. The van der Waals surface area contributed by atoms with E-state index in [0.717, 1.165) is 0 Å². The minimum atomic E-state index is -0.520. The van der Waals surface area contributed by atoms with Gasteiger partial charge in [0.15, 0.2) is 6.10 Å². The van der Waals surface area contributed by atoms with Crippen molar-refractivity contribution in [2.45, 2.75) is 49.2 Å². The number of hydrogen-bond donors (Lipinski definition) is 1. The summed E-state index contributed by atoms with van der Waals surface area (Å²) in [7, 11) is 1.44. The second-order valence-electron chi connectivity index (χ2n) is 2.12. The summed E-state index contributed by atoms with van der Waals surface area (Å²) in [4.78, 5) is 10.8. The summed E-state index contributed by atoms with van der Waals surface area (Å²) in [5.74, 6) is -0.388. The van der Waals surface area contributed by atoms with Gasteiger partial charge in [-0.1, -0.05) is 29.7 Å². The van der Waals surface area contributed by atoms with E-state index in [4.69, 9.17) is 14.6 Å². The minimum absolute atomic E-state index is 0. The second kappa shape index (κ2) is 19.0. The molecule has 0 aromatic carbocycles. The Balaban J connectivity index is -0.0000000833. The highest BCUT2D eigenvalue weighted by atomic mass is 16.6. The van der Waals surface area contributed by atoms with Crippen LogP contribution in [-0.4, -0.2) is 37.5 Å². The number of hydrogen-bond acceptors (Lipinski definition) is 4. The highest BCUT2D eigenvalue weighted by molar-refractivity contribution is 5.74. The van der Waals surface area contributed by atoms with Crippen LogP contribution < -0.4 is 0 Å². The van der Waals surface area contributed by atoms with E-state index in [0.29, 0.717) is 6.42 Å². The molecule has 4 heteroatoms. The Labute approximate surface area is 95.6 Å². The molecule has 0 aliphatic carbocycles. The lowest BCUT2D eigenvalue weighted by atomic mass is 10.4. The van der Waals surface area contributed by atoms with E-state index in [1.165, 1.54) is 7.11 Å². The topological polar surface area (TPSA) is 55.8 Å². The van der Waals surface area contributed by atoms with Crippen LogP contribution in [0.4, 0.5) is 0 Å². The summed E-state index contributed by atoms with van der Waals surface area (Å²) in [5.41, 5.74) is 0. The van der Waals surface area contributed by atoms with Crippen LogP contribution in [-0.2, 0) is 14.3 Å². The molecule has 0 bridgehead atoms. The van der Waals surface area contributed by atoms with Gasteiger partial charge in [0.05, 0.1) is 6.61 Å². The quantitative estimate of drug-likeness (QED) is 0.578. The van der Waals surface area contributed by atoms with Crippen molar-refractivity contribution in [1.29, 1.82) is 0 Å². The SMILES string of the molecule is C.C.C.C.COC(C)C(=O)OCCCO. The molecule has 1 N–H and O–H groups in total. The number of rotatable bonds is 5. The number of methoxy groups -OCH3 is 1. The number of aliphatic hydroxyl groups excluding tert-OH is 1. The van der Waals surface area contributed by atoms with Gasteiger partial charge in [0.2, 0.25) is 0 Å². The number of ether oxygens (including phenoxy) is 2. The zero-order valence-electron chi connectivity index (χ0n) is 6.87. The largest absolute Gasteiger partial charge is 0.464 e. The molecule has 0 aromatic heterocycles. The Bertz CT molecular complexity index is 115. The first-order chi connectivity index (χ1) is 5.22. The van der Waals surface area contributed by atoms with Gasteiger partial charge in [0.1, 0.15) is 0 Å². The van der Waals surface area contributed by atoms with Crippen LogP contribution in [0.1, 0.15) is 43.1 Å². The predicted molar refractivity (Wildman–Crippen MR) is 66.1 cm³/mol.